The lowest BCUT2D eigenvalue weighted by Gasteiger charge is -2.55. The van der Waals surface area contributed by atoms with E-state index in [1.807, 2.05) is 6.92 Å². The van der Waals surface area contributed by atoms with Crippen LogP contribution in [0.2, 0.25) is 0 Å². The summed E-state index contributed by atoms with van der Waals surface area (Å²) in [5.74, 6) is 2.88. The van der Waals surface area contributed by atoms with E-state index < -0.39 is 0 Å². The predicted molar refractivity (Wildman–Crippen MR) is 111 cm³/mol. The highest BCUT2D eigenvalue weighted by atomic mass is 16.5. The molecule has 0 aliphatic heterocycles. The number of carbonyl (C=O) groups is 2. The Bertz CT molecular complexity index is 769. The van der Waals surface area contributed by atoms with Gasteiger partial charge in [0.15, 0.2) is 11.5 Å². The normalized spacial score (nSPS) is 29.4. The molecule has 6 heteroatoms. The number of hydrogen-bond donors (Lipinski definition) is 2. The molecular formula is C23H32N2O4. The Morgan fingerprint density at radius 3 is 2.07 bits per heavy atom. The van der Waals surface area contributed by atoms with Crippen LogP contribution in [-0.2, 0) is 4.79 Å². The van der Waals surface area contributed by atoms with E-state index >= 15 is 0 Å². The minimum atomic E-state index is -0.279. The smallest absolute Gasteiger partial charge is 0.253 e. The highest BCUT2D eigenvalue weighted by molar-refractivity contribution is 6.05. The van der Waals surface area contributed by atoms with Gasteiger partial charge in [0.2, 0.25) is 5.91 Å². The summed E-state index contributed by atoms with van der Waals surface area (Å²) < 4.78 is 10.8. The Morgan fingerprint density at radius 1 is 1.00 bits per heavy atom. The maximum absolute atomic E-state index is 13.5. The van der Waals surface area contributed by atoms with E-state index in [-0.39, 0.29) is 17.2 Å². The molecule has 0 spiro atoms. The molecule has 0 saturated heterocycles. The molecular weight excluding hydrogens is 368 g/mol. The van der Waals surface area contributed by atoms with Gasteiger partial charge in [-0.3, -0.25) is 9.59 Å². The molecule has 1 aromatic rings. The summed E-state index contributed by atoms with van der Waals surface area (Å²) in [5, 5.41) is 6.02. The van der Waals surface area contributed by atoms with Crippen molar-refractivity contribution >= 4 is 17.5 Å². The second kappa shape index (κ2) is 7.88. The molecule has 29 heavy (non-hydrogen) atoms. The molecule has 4 bridgehead atoms. The fourth-order valence-corrected chi connectivity index (χ4v) is 6.15. The van der Waals surface area contributed by atoms with Crippen LogP contribution in [0.15, 0.2) is 12.1 Å². The number of nitrogens with one attached hydrogen (secondary N) is 2. The summed E-state index contributed by atoms with van der Waals surface area (Å²) in [6, 6.07) is 3.36. The molecule has 2 N–H and O–H groups in total. The zero-order valence-electron chi connectivity index (χ0n) is 17.7. The first-order valence-electron chi connectivity index (χ1n) is 10.8. The molecule has 6 nitrogen and oxygen atoms in total. The van der Waals surface area contributed by atoms with Crippen molar-refractivity contribution in [3.63, 3.8) is 0 Å². The Kier molecular flexibility index (Phi) is 5.45. The number of carbonyl (C=O) groups excluding carboxylic acids is 2. The van der Waals surface area contributed by atoms with Crippen molar-refractivity contribution in [3.05, 3.63) is 17.7 Å². The van der Waals surface area contributed by atoms with Crippen LogP contribution in [0.1, 0.15) is 62.2 Å². The second-order valence-corrected chi connectivity index (χ2v) is 9.16. The Balaban J connectivity index is 1.63. The van der Waals surface area contributed by atoms with E-state index in [0.717, 1.165) is 25.7 Å². The van der Waals surface area contributed by atoms with Crippen LogP contribution in [0.3, 0.4) is 0 Å². The third-order valence-corrected chi connectivity index (χ3v) is 7.07. The second-order valence-electron chi connectivity index (χ2n) is 9.16. The SMILES string of the molecule is CCCNC(=O)c1cc(OC)c(OC)cc1NC(=O)C12CC3CC(CC(C3)C1)C2. The average molecular weight is 401 g/mol. The third-order valence-electron chi connectivity index (χ3n) is 7.07. The molecule has 0 unspecified atom stereocenters. The van der Waals surface area contributed by atoms with Gasteiger partial charge in [-0.25, -0.2) is 0 Å². The molecule has 158 valence electrons. The van der Waals surface area contributed by atoms with Gasteiger partial charge in [0.1, 0.15) is 0 Å². The molecule has 4 aliphatic rings. The van der Waals surface area contributed by atoms with Gasteiger partial charge in [-0.05, 0) is 68.8 Å². The maximum atomic E-state index is 13.5. The predicted octanol–water partition coefficient (Wildman–Crippen LogP) is 4.00. The van der Waals surface area contributed by atoms with Gasteiger partial charge in [0, 0.05) is 12.6 Å². The van der Waals surface area contributed by atoms with Crippen LogP contribution in [0.5, 0.6) is 11.5 Å². The monoisotopic (exact) mass is 400 g/mol. The van der Waals surface area contributed by atoms with Crippen molar-refractivity contribution in [2.75, 3.05) is 26.1 Å². The number of benzene rings is 1. The molecule has 4 aliphatic carbocycles. The van der Waals surface area contributed by atoms with E-state index in [1.54, 1.807) is 26.4 Å². The number of anilines is 1. The van der Waals surface area contributed by atoms with Crippen LogP contribution >= 0.6 is 0 Å². The lowest BCUT2D eigenvalue weighted by Crippen LogP contribution is -2.51. The van der Waals surface area contributed by atoms with Gasteiger partial charge >= 0.3 is 0 Å². The van der Waals surface area contributed by atoms with Crippen molar-refractivity contribution in [2.24, 2.45) is 23.2 Å². The topological polar surface area (TPSA) is 76.7 Å². The maximum Gasteiger partial charge on any atom is 0.253 e. The lowest BCUT2D eigenvalue weighted by atomic mass is 9.49. The van der Waals surface area contributed by atoms with Crippen molar-refractivity contribution in [3.8, 4) is 11.5 Å². The van der Waals surface area contributed by atoms with Gasteiger partial charge in [-0.2, -0.15) is 0 Å². The van der Waals surface area contributed by atoms with Gasteiger partial charge in [0.05, 0.1) is 30.9 Å². The van der Waals surface area contributed by atoms with E-state index in [1.165, 1.54) is 19.3 Å². The van der Waals surface area contributed by atoms with Gasteiger partial charge in [-0.15, -0.1) is 0 Å². The van der Waals surface area contributed by atoms with E-state index in [0.29, 0.717) is 47.0 Å². The zero-order valence-corrected chi connectivity index (χ0v) is 17.7. The Labute approximate surface area is 172 Å². The van der Waals surface area contributed by atoms with Gasteiger partial charge in [-0.1, -0.05) is 6.92 Å². The number of ether oxygens (including phenoxy) is 2. The number of hydrogen-bond acceptors (Lipinski definition) is 4. The van der Waals surface area contributed by atoms with Crippen molar-refractivity contribution < 1.29 is 19.1 Å². The first kappa shape index (κ1) is 20.0. The molecule has 0 atom stereocenters. The van der Waals surface area contributed by atoms with E-state index in [9.17, 15) is 9.59 Å². The van der Waals surface area contributed by atoms with Crippen LogP contribution in [0.4, 0.5) is 5.69 Å². The summed E-state index contributed by atoms with van der Waals surface area (Å²) in [6.07, 6.45) is 7.64. The minimum Gasteiger partial charge on any atom is -0.493 e. The molecule has 0 aromatic heterocycles. The fourth-order valence-electron chi connectivity index (χ4n) is 6.15. The Morgan fingerprint density at radius 2 is 1.55 bits per heavy atom. The first-order chi connectivity index (χ1) is 14.0. The van der Waals surface area contributed by atoms with Crippen LogP contribution in [0.25, 0.3) is 0 Å². The van der Waals surface area contributed by atoms with Gasteiger partial charge in [0.25, 0.3) is 5.91 Å². The number of methoxy groups -OCH3 is 2. The summed E-state index contributed by atoms with van der Waals surface area (Å²) in [5.41, 5.74) is 0.630. The first-order valence-corrected chi connectivity index (χ1v) is 10.8. The number of rotatable bonds is 7. The molecule has 1 aromatic carbocycles. The Hall–Kier alpha value is -2.24. The van der Waals surface area contributed by atoms with Crippen LogP contribution in [-0.4, -0.2) is 32.6 Å². The zero-order chi connectivity index (χ0) is 20.6. The summed E-state index contributed by atoms with van der Waals surface area (Å²) in [6.45, 7) is 2.58. The molecule has 5 rings (SSSR count). The van der Waals surface area contributed by atoms with Crippen LogP contribution < -0.4 is 20.1 Å². The molecule has 4 saturated carbocycles. The largest absolute Gasteiger partial charge is 0.493 e. The summed E-state index contributed by atoms with van der Waals surface area (Å²) >= 11 is 0. The minimum absolute atomic E-state index is 0.0633. The third kappa shape index (κ3) is 3.69. The molecule has 4 fully saturated rings. The number of amides is 2. The summed E-state index contributed by atoms with van der Waals surface area (Å²) in [7, 11) is 3.10. The van der Waals surface area contributed by atoms with Crippen LogP contribution in [0, 0.1) is 23.2 Å². The van der Waals surface area contributed by atoms with Crippen molar-refractivity contribution in [1.29, 1.82) is 0 Å². The standard InChI is InChI=1S/C23H32N2O4/c1-4-5-24-21(26)17-9-19(28-2)20(29-3)10-18(17)25-22(27)23-11-14-6-15(12-23)8-16(7-14)13-23/h9-10,14-16H,4-8,11-13H2,1-3H3,(H,24,26)(H,25,27). The molecule has 2 amide bonds. The fraction of sp³-hybridized carbons (Fsp3) is 0.652. The highest BCUT2D eigenvalue weighted by Gasteiger charge is 2.54. The van der Waals surface area contributed by atoms with E-state index in [2.05, 4.69) is 10.6 Å². The summed E-state index contributed by atoms with van der Waals surface area (Å²) in [4.78, 5) is 26.3. The van der Waals surface area contributed by atoms with E-state index in [4.69, 9.17) is 9.47 Å². The molecule has 0 heterocycles. The lowest BCUT2D eigenvalue weighted by molar-refractivity contribution is -0.140. The highest BCUT2D eigenvalue weighted by Crippen LogP contribution is 2.60. The molecule has 0 radical (unpaired) electrons. The average Bonchev–Trinajstić information content (AvgIpc) is 2.70. The van der Waals surface area contributed by atoms with Crippen molar-refractivity contribution in [2.45, 2.75) is 51.9 Å². The van der Waals surface area contributed by atoms with Gasteiger partial charge < -0.3 is 20.1 Å². The quantitative estimate of drug-likeness (QED) is 0.725. The van der Waals surface area contributed by atoms with Crippen molar-refractivity contribution in [1.82, 2.24) is 5.32 Å².